The van der Waals surface area contributed by atoms with Crippen LogP contribution in [0.2, 0.25) is 0 Å². The second kappa shape index (κ2) is 2.86. The minimum Gasteiger partial charge on any atom is -0.377 e. The number of hydrogen-bond acceptors (Lipinski definition) is 2. The third-order valence-corrected chi connectivity index (χ3v) is 1.59. The molecular formula is C7H11NO. The molecule has 0 saturated carbocycles. The summed E-state index contributed by atoms with van der Waals surface area (Å²) >= 11 is 0. The second-order valence-corrected chi connectivity index (χ2v) is 2.24. The van der Waals surface area contributed by atoms with Gasteiger partial charge in [0, 0.05) is 6.54 Å². The Morgan fingerprint density at radius 2 is 2.56 bits per heavy atom. The predicted octanol–water partition coefficient (Wildman–Crippen LogP) is -0.0498. The van der Waals surface area contributed by atoms with Crippen molar-refractivity contribution in [3.63, 3.8) is 0 Å². The molecule has 0 amide bonds. The Morgan fingerprint density at radius 3 is 3.00 bits per heavy atom. The molecule has 0 spiro atoms. The lowest BCUT2D eigenvalue weighted by Crippen LogP contribution is -2.41. The molecule has 0 radical (unpaired) electrons. The van der Waals surface area contributed by atoms with E-state index in [0.717, 1.165) is 13.2 Å². The molecule has 9 heavy (non-hydrogen) atoms. The largest absolute Gasteiger partial charge is 0.377 e. The summed E-state index contributed by atoms with van der Waals surface area (Å²) in [4.78, 5) is 2.13. The fraction of sp³-hybridized carbons (Fsp3) is 0.714. The van der Waals surface area contributed by atoms with Crippen molar-refractivity contribution in [3.05, 3.63) is 0 Å². The summed E-state index contributed by atoms with van der Waals surface area (Å²) in [6.45, 7) is 2.45. The van der Waals surface area contributed by atoms with Gasteiger partial charge in [-0.25, -0.2) is 0 Å². The molecule has 0 aromatic carbocycles. The first kappa shape index (κ1) is 6.60. The van der Waals surface area contributed by atoms with Crippen LogP contribution >= 0.6 is 0 Å². The third-order valence-electron chi connectivity index (χ3n) is 1.59. The molecule has 1 fully saturated rings. The van der Waals surface area contributed by atoms with E-state index in [1.54, 1.807) is 0 Å². The van der Waals surface area contributed by atoms with Gasteiger partial charge in [0.15, 0.2) is 0 Å². The Morgan fingerprint density at radius 1 is 1.78 bits per heavy atom. The van der Waals surface area contributed by atoms with Gasteiger partial charge in [-0.05, 0) is 7.05 Å². The minimum absolute atomic E-state index is 0.193. The van der Waals surface area contributed by atoms with Gasteiger partial charge in [0.25, 0.3) is 0 Å². The van der Waals surface area contributed by atoms with E-state index in [4.69, 9.17) is 11.2 Å². The smallest absolute Gasteiger partial charge is 0.0947 e. The molecule has 50 valence electrons. The summed E-state index contributed by atoms with van der Waals surface area (Å²) < 4.78 is 5.16. The van der Waals surface area contributed by atoms with Crippen LogP contribution in [0.15, 0.2) is 0 Å². The van der Waals surface area contributed by atoms with Crippen molar-refractivity contribution < 1.29 is 4.74 Å². The number of rotatable bonds is 0. The minimum atomic E-state index is 0.193. The van der Waals surface area contributed by atoms with Gasteiger partial charge in [0.1, 0.15) is 0 Å². The van der Waals surface area contributed by atoms with Crippen molar-refractivity contribution in [1.82, 2.24) is 4.90 Å². The Kier molecular flexibility index (Phi) is 2.10. The zero-order chi connectivity index (χ0) is 6.69. The zero-order valence-corrected chi connectivity index (χ0v) is 5.63. The molecule has 0 N–H and O–H groups in total. The van der Waals surface area contributed by atoms with Gasteiger partial charge in [0.2, 0.25) is 0 Å². The second-order valence-electron chi connectivity index (χ2n) is 2.24. The first-order valence-corrected chi connectivity index (χ1v) is 3.08. The van der Waals surface area contributed by atoms with Crippen molar-refractivity contribution in [2.24, 2.45) is 0 Å². The van der Waals surface area contributed by atoms with Crippen LogP contribution in [0, 0.1) is 12.3 Å². The predicted molar refractivity (Wildman–Crippen MR) is 36.1 cm³/mol. The fourth-order valence-corrected chi connectivity index (χ4v) is 0.862. The van der Waals surface area contributed by atoms with Crippen LogP contribution in [0.1, 0.15) is 0 Å². The molecule has 0 unspecified atom stereocenters. The van der Waals surface area contributed by atoms with Crippen LogP contribution in [0.25, 0.3) is 0 Å². The van der Waals surface area contributed by atoms with Crippen molar-refractivity contribution in [2.75, 3.05) is 26.8 Å². The molecule has 1 aliphatic heterocycles. The molecule has 2 heteroatoms. The summed E-state index contributed by atoms with van der Waals surface area (Å²) in [5.74, 6) is 2.65. The van der Waals surface area contributed by atoms with Crippen LogP contribution in [-0.2, 0) is 4.74 Å². The number of ether oxygens (including phenoxy) is 1. The molecule has 0 bridgehead atoms. The first-order chi connectivity index (χ1) is 4.34. The standard InChI is InChI=1S/C7H11NO/c1-3-7-6-9-5-4-8(7)2/h1,7H,4-6H2,2H3/t7-/m0/s1. The Bertz CT molecular complexity index is 127. The average Bonchev–Trinajstić information content (AvgIpc) is 1.89. The number of hydrogen-bond donors (Lipinski definition) is 0. The normalized spacial score (nSPS) is 29.6. The monoisotopic (exact) mass is 125 g/mol. The molecule has 1 rings (SSSR count). The number of likely N-dealkylation sites (N-methyl/N-ethyl adjacent to an activating group) is 1. The maximum Gasteiger partial charge on any atom is 0.0947 e. The van der Waals surface area contributed by atoms with Crippen LogP contribution < -0.4 is 0 Å². The van der Waals surface area contributed by atoms with Gasteiger partial charge < -0.3 is 4.74 Å². The van der Waals surface area contributed by atoms with E-state index in [-0.39, 0.29) is 6.04 Å². The van der Waals surface area contributed by atoms with Crippen molar-refractivity contribution in [1.29, 1.82) is 0 Å². The van der Waals surface area contributed by atoms with Crippen molar-refractivity contribution >= 4 is 0 Å². The quantitative estimate of drug-likeness (QED) is 0.421. The van der Waals surface area contributed by atoms with Gasteiger partial charge in [-0.1, -0.05) is 5.92 Å². The first-order valence-electron chi connectivity index (χ1n) is 3.08. The number of morpholine rings is 1. The van der Waals surface area contributed by atoms with Crippen LogP contribution in [0.3, 0.4) is 0 Å². The van der Waals surface area contributed by atoms with Gasteiger partial charge in [-0.15, -0.1) is 6.42 Å². The van der Waals surface area contributed by atoms with Crippen LogP contribution in [0.4, 0.5) is 0 Å². The van der Waals surface area contributed by atoms with Gasteiger partial charge in [-0.2, -0.15) is 0 Å². The van der Waals surface area contributed by atoms with E-state index in [1.807, 2.05) is 7.05 Å². The lowest BCUT2D eigenvalue weighted by molar-refractivity contribution is 0.0267. The van der Waals surface area contributed by atoms with E-state index in [0.29, 0.717) is 6.61 Å². The molecule has 1 heterocycles. The van der Waals surface area contributed by atoms with E-state index >= 15 is 0 Å². The van der Waals surface area contributed by atoms with Crippen LogP contribution in [0.5, 0.6) is 0 Å². The Labute approximate surface area is 55.8 Å². The van der Waals surface area contributed by atoms with Gasteiger partial charge in [0.05, 0.1) is 19.3 Å². The highest BCUT2D eigenvalue weighted by atomic mass is 16.5. The molecule has 2 nitrogen and oxygen atoms in total. The lowest BCUT2D eigenvalue weighted by Gasteiger charge is -2.28. The Hall–Kier alpha value is -0.520. The highest BCUT2D eigenvalue weighted by Gasteiger charge is 2.15. The van der Waals surface area contributed by atoms with Gasteiger partial charge >= 0.3 is 0 Å². The maximum absolute atomic E-state index is 5.22. The maximum atomic E-state index is 5.22. The van der Waals surface area contributed by atoms with Crippen molar-refractivity contribution in [2.45, 2.75) is 6.04 Å². The molecule has 1 aliphatic rings. The molecule has 1 saturated heterocycles. The van der Waals surface area contributed by atoms with E-state index in [9.17, 15) is 0 Å². The number of nitrogens with zero attached hydrogens (tertiary/aromatic N) is 1. The van der Waals surface area contributed by atoms with E-state index < -0.39 is 0 Å². The average molecular weight is 125 g/mol. The van der Waals surface area contributed by atoms with Crippen LogP contribution in [-0.4, -0.2) is 37.7 Å². The van der Waals surface area contributed by atoms with Gasteiger partial charge in [-0.3, -0.25) is 4.90 Å². The summed E-state index contributed by atoms with van der Waals surface area (Å²) in [6, 6.07) is 0.193. The molecule has 1 atom stereocenters. The molecule has 0 aliphatic carbocycles. The van der Waals surface area contributed by atoms with E-state index in [2.05, 4.69) is 10.8 Å². The summed E-state index contributed by atoms with van der Waals surface area (Å²) in [7, 11) is 2.02. The van der Waals surface area contributed by atoms with E-state index in [1.165, 1.54) is 0 Å². The number of terminal acetylenes is 1. The lowest BCUT2D eigenvalue weighted by atomic mass is 10.2. The van der Waals surface area contributed by atoms with Crippen molar-refractivity contribution in [3.8, 4) is 12.3 Å². The molecular weight excluding hydrogens is 114 g/mol. The zero-order valence-electron chi connectivity index (χ0n) is 5.63. The highest BCUT2D eigenvalue weighted by Crippen LogP contribution is 2.00. The highest BCUT2D eigenvalue weighted by molar-refractivity contribution is 5.00. The third kappa shape index (κ3) is 1.44. The summed E-state index contributed by atoms with van der Waals surface area (Å²) in [5.41, 5.74) is 0. The Balaban J connectivity index is 2.41. The summed E-state index contributed by atoms with van der Waals surface area (Å²) in [6.07, 6.45) is 5.22. The molecule has 0 aromatic rings. The SMILES string of the molecule is C#C[C@H]1COCCN1C. The summed E-state index contributed by atoms with van der Waals surface area (Å²) in [5, 5.41) is 0. The molecule has 0 aromatic heterocycles. The topological polar surface area (TPSA) is 12.5 Å². The fourth-order valence-electron chi connectivity index (χ4n) is 0.862.